The van der Waals surface area contributed by atoms with Crippen LogP contribution in [0.2, 0.25) is 0 Å². The van der Waals surface area contributed by atoms with E-state index in [1.807, 2.05) is 0 Å². The van der Waals surface area contributed by atoms with E-state index in [1.54, 1.807) is 0 Å². The van der Waals surface area contributed by atoms with Gasteiger partial charge in [-0.05, 0) is 31.0 Å². The van der Waals surface area contributed by atoms with Crippen LogP contribution in [0.3, 0.4) is 0 Å². The van der Waals surface area contributed by atoms with Crippen LogP contribution in [-0.4, -0.2) is 11.1 Å². The summed E-state index contributed by atoms with van der Waals surface area (Å²) in [6.45, 7) is 0. The van der Waals surface area contributed by atoms with Crippen molar-refractivity contribution in [2.75, 3.05) is 5.73 Å². The van der Waals surface area contributed by atoms with E-state index >= 15 is 0 Å². The number of benzene rings is 1. The Balaban J connectivity index is 2.66. The highest BCUT2D eigenvalue weighted by atomic mass is 19.4. The molecule has 108 valence electrons. The molecule has 0 unspecified atom stereocenters. The summed E-state index contributed by atoms with van der Waals surface area (Å²) in [6.07, 6.45) is -2.87. The lowest BCUT2D eigenvalue weighted by Gasteiger charge is -2.07. The summed E-state index contributed by atoms with van der Waals surface area (Å²) in [4.78, 5) is 10.3. The lowest BCUT2D eigenvalue weighted by Crippen LogP contribution is -2.05. The Kier molecular flexibility index (Phi) is 5.44. The van der Waals surface area contributed by atoms with Gasteiger partial charge in [-0.1, -0.05) is 11.8 Å². The molecule has 0 aromatic heterocycles. The number of anilines is 1. The number of halogens is 3. The van der Waals surface area contributed by atoms with E-state index in [4.69, 9.17) is 10.8 Å². The van der Waals surface area contributed by atoms with E-state index in [1.165, 1.54) is 6.07 Å². The third-order valence-electron chi connectivity index (χ3n) is 2.55. The predicted octanol–water partition coefficient (Wildman–Crippen LogP) is 3.28. The molecule has 0 amide bonds. The van der Waals surface area contributed by atoms with Crippen molar-refractivity contribution in [3.63, 3.8) is 0 Å². The number of rotatable bonds is 4. The Morgan fingerprint density at radius 2 is 2.00 bits per heavy atom. The van der Waals surface area contributed by atoms with Crippen LogP contribution in [0.25, 0.3) is 0 Å². The van der Waals surface area contributed by atoms with E-state index in [0.717, 1.165) is 12.1 Å². The fourth-order valence-corrected chi connectivity index (χ4v) is 1.49. The minimum absolute atomic E-state index is 0.0629. The van der Waals surface area contributed by atoms with Crippen molar-refractivity contribution in [2.24, 2.45) is 0 Å². The molecule has 0 atom stereocenters. The SMILES string of the molecule is Nc1ccc(C(F)(F)F)cc1C#CCCCCC(=O)O. The van der Waals surface area contributed by atoms with Crippen LogP contribution >= 0.6 is 0 Å². The molecule has 1 aromatic carbocycles. The standard InChI is InChI=1S/C14H14F3NO2/c15-14(16,17)11-7-8-12(18)10(9-11)5-3-1-2-4-6-13(19)20/h7-9H,1-2,4,6,18H2,(H,19,20). The molecular weight excluding hydrogens is 271 g/mol. The first-order valence-electron chi connectivity index (χ1n) is 5.98. The Morgan fingerprint density at radius 3 is 2.60 bits per heavy atom. The van der Waals surface area contributed by atoms with Gasteiger partial charge in [0.15, 0.2) is 0 Å². The highest BCUT2D eigenvalue weighted by Gasteiger charge is 2.30. The Morgan fingerprint density at radius 1 is 1.30 bits per heavy atom. The van der Waals surface area contributed by atoms with Crippen LogP contribution < -0.4 is 5.73 Å². The minimum Gasteiger partial charge on any atom is -0.481 e. The minimum atomic E-state index is -4.42. The molecule has 0 aliphatic carbocycles. The number of hydrogen-bond acceptors (Lipinski definition) is 2. The quantitative estimate of drug-likeness (QED) is 0.507. The zero-order valence-electron chi connectivity index (χ0n) is 10.6. The van der Waals surface area contributed by atoms with Crippen molar-refractivity contribution in [3.05, 3.63) is 29.3 Å². The van der Waals surface area contributed by atoms with Gasteiger partial charge in [0.1, 0.15) is 0 Å². The normalized spacial score (nSPS) is 10.8. The molecule has 0 saturated carbocycles. The number of carboxylic acids is 1. The first-order chi connectivity index (χ1) is 9.30. The topological polar surface area (TPSA) is 63.3 Å². The molecule has 6 heteroatoms. The first-order valence-corrected chi connectivity index (χ1v) is 5.98. The van der Waals surface area contributed by atoms with E-state index in [9.17, 15) is 18.0 Å². The predicted molar refractivity (Wildman–Crippen MR) is 68.8 cm³/mol. The van der Waals surface area contributed by atoms with Gasteiger partial charge in [-0.25, -0.2) is 0 Å². The lowest BCUT2D eigenvalue weighted by molar-refractivity contribution is -0.138. The van der Waals surface area contributed by atoms with Crippen LogP contribution in [0.1, 0.15) is 36.8 Å². The fourth-order valence-electron chi connectivity index (χ4n) is 1.49. The smallest absolute Gasteiger partial charge is 0.416 e. The van der Waals surface area contributed by atoms with Gasteiger partial charge in [-0.15, -0.1) is 0 Å². The van der Waals surface area contributed by atoms with E-state index < -0.39 is 17.7 Å². The molecule has 0 saturated heterocycles. The van der Waals surface area contributed by atoms with Crippen LogP contribution in [0, 0.1) is 11.8 Å². The zero-order valence-corrected chi connectivity index (χ0v) is 10.6. The number of unbranched alkanes of at least 4 members (excludes halogenated alkanes) is 2. The summed E-state index contributed by atoms with van der Waals surface area (Å²) in [6, 6.07) is 3.00. The largest absolute Gasteiger partial charge is 0.481 e. The molecule has 0 aliphatic heterocycles. The molecule has 0 heterocycles. The van der Waals surface area contributed by atoms with Crippen molar-refractivity contribution in [3.8, 4) is 11.8 Å². The van der Waals surface area contributed by atoms with Crippen LogP contribution in [0.5, 0.6) is 0 Å². The molecule has 0 radical (unpaired) electrons. The van der Waals surface area contributed by atoms with Gasteiger partial charge in [0.25, 0.3) is 0 Å². The Labute approximate surface area is 114 Å². The number of nitrogen functional groups attached to an aromatic ring is 1. The monoisotopic (exact) mass is 285 g/mol. The second-order valence-electron chi connectivity index (χ2n) is 4.20. The van der Waals surface area contributed by atoms with Gasteiger partial charge in [-0.2, -0.15) is 13.2 Å². The van der Waals surface area contributed by atoms with Gasteiger partial charge < -0.3 is 10.8 Å². The summed E-state index contributed by atoms with van der Waals surface area (Å²) in [5.41, 5.74) is 5.10. The number of carbonyl (C=O) groups is 1. The summed E-state index contributed by atoms with van der Waals surface area (Å²) in [5.74, 6) is 4.42. The number of carboxylic acid groups (broad SMARTS) is 1. The molecule has 0 aliphatic rings. The highest BCUT2D eigenvalue weighted by Crippen LogP contribution is 2.30. The van der Waals surface area contributed by atoms with Gasteiger partial charge in [0.05, 0.1) is 5.56 Å². The molecule has 0 fully saturated rings. The number of aliphatic carboxylic acids is 1. The third-order valence-corrected chi connectivity index (χ3v) is 2.55. The summed E-state index contributed by atoms with van der Waals surface area (Å²) >= 11 is 0. The third kappa shape index (κ3) is 5.22. The molecule has 1 rings (SSSR count). The molecule has 3 nitrogen and oxygen atoms in total. The average Bonchev–Trinajstić information content (AvgIpc) is 2.33. The van der Waals surface area contributed by atoms with Crippen LogP contribution in [-0.2, 0) is 11.0 Å². The van der Waals surface area contributed by atoms with Crippen molar-refractivity contribution in [1.82, 2.24) is 0 Å². The molecule has 3 N–H and O–H groups in total. The van der Waals surface area contributed by atoms with Gasteiger partial charge in [-0.3, -0.25) is 4.79 Å². The van der Waals surface area contributed by atoms with Crippen LogP contribution in [0.15, 0.2) is 18.2 Å². The molecule has 0 spiro atoms. The van der Waals surface area contributed by atoms with Gasteiger partial charge in [0, 0.05) is 24.1 Å². The molecule has 0 bridgehead atoms. The Bertz CT molecular complexity index is 542. The second kappa shape index (κ2) is 6.85. The molecule has 20 heavy (non-hydrogen) atoms. The summed E-state index contributed by atoms with van der Waals surface area (Å²) < 4.78 is 37.6. The summed E-state index contributed by atoms with van der Waals surface area (Å²) in [5, 5.41) is 8.43. The number of nitrogens with two attached hydrogens (primary N) is 1. The highest BCUT2D eigenvalue weighted by molar-refractivity contribution is 5.66. The fraction of sp³-hybridized carbons (Fsp3) is 0.357. The van der Waals surface area contributed by atoms with Crippen molar-refractivity contribution in [1.29, 1.82) is 0 Å². The maximum absolute atomic E-state index is 12.5. The molecular formula is C14H14F3NO2. The van der Waals surface area contributed by atoms with Crippen molar-refractivity contribution < 1.29 is 23.1 Å². The van der Waals surface area contributed by atoms with Crippen LogP contribution in [0.4, 0.5) is 18.9 Å². The maximum atomic E-state index is 12.5. The summed E-state index contributed by atoms with van der Waals surface area (Å²) in [7, 11) is 0. The Hall–Kier alpha value is -2.16. The van der Waals surface area contributed by atoms with E-state index in [2.05, 4.69) is 11.8 Å². The number of hydrogen-bond donors (Lipinski definition) is 2. The van der Waals surface area contributed by atoms with Gasteiger partial charge in [0.2, 0.25) is 0 Å². The van der Waals surface area contributed by atoms with E-state index in [0.29, 0.717) is 19.3 Å². The molecule has 1 aromatic rings. The first kappa shape index (κ1) is 15.9. The number of alkyl halides is 3. The van der Waals surface area contributed by atoms with E-state index in [-0.39, 0.29) is 17.7 Å². The lowest BCUT2D eigenvalue weighted by atomic mass is 10.1. The second-order valence-corrected chi connectivity index (χ2v) is 4.20. The van der Waals surface area contributed by atoms with Crippen molar-refractivity contribution in [2.45, 2.75) is 31.9 Å². The van der Waals surface area contributed by atoms with Gasteiger partial charge >= 0.3 is 12.1 Å². The van der Waals surface area contributed by atoms with Crippen molar-refractivity contribution >= 4 is 11.7 Å². The zero-order chi connectivity index (χ0) is 15.2. The maximum Gasteiger partial charge on any atom is 0.416 e. The average molecular weight is 285 g/mol.